The molecule has 0 saturated carbocycles. The molecule has 5 N–H and O–H groups in total. The quantitative estimate of drug-likeness (QED) is 0.312. The van der Waals surface area contributed by atoms with Crippen molar-refractivity contribution in [2.75, 3.05) is 26.3 Å². The van der Waals surface area contributed by atoms with Gasteiger partial charge in [-0.2, -0.15) is 0 Å². The van der Waals surface area contributed by atoms with Crippen molar-refractivity contribution in [3.05, 3.63) is 0 Å². The summed E-state index contributed by atoms with van der Waals surface area (Å²) in [7, 11) is 0. The van der Waals surface area contributed by atoms with E-state index in [4.69, 9.17) is 10.2 Å². The fourth-order valence-corrected chi connectivity index (χ4v) is 2.61. The molecule has 0 spiro atoms. The van der Waals surface area contributed by atoms with Gasteiger partial charge in [0.05, 0.1) is 37.6 Å². The van der Waals surface area contributed by atoms with Gasteiger partial charge in [0.25, 0.3) is 0 Å². The molecule has 1 saturated heterocycles. The van der Waals surface area contributed by atoms with Crippen LogP contribution < -0.4 is 0 Å². The Morgan fingerprint density at radius 2 is 1.85 bits per heavy atom. The Kier molecular flexibility index (Phi) is 6.56. The summed E-state index contributed by atoms with van der Waals surface area (Å²) in [5, 5.41) is 46.8. The number of aliphatic hydroxyl groups is 5. The maximum absolute atomic E-state index is 10.4. The lowest BCUT2D eigenvalue weighted by Crippen LogP contribution is -2.47. The zero-order chi connectivity index (χ0) is 15.5. The van der Waals surface area contributed by atoms with Crippen molar-refractivity contribution in [2.45, 2.75) is 30.5 Å². The van der Waals surface area contributed by atoms with Crippen molar-refractivity contribution < 1.29 is 43.4 Å². The highest BCUT2D eigenvalue weighted by Gasteiger charge is 2.40. The van der Waals surface area contributed by atoms with Gasteiger partial charge in [0.15, 0.2) is 0 Å². The fraction of sp³-hybridized carbons (Fsp3) is 1.00. The monoisotopic (exact) mass is 316 g/mol. The van der Waals surface area contributed by atoms with Crippen LogP contribution in [0.15, 0.2) is 0 Å². The zero-order valence-corrected chi connectivity index (χ0v) is 11.3. The molecular formula is C9H18NO9S-3. The van der Waals surface area contributed by atoms with Gasteiger partial charge in [-0.25, -0.2) is 0 Å². The first-order valence-electron chi connectivity index (χ1n) is 5.83. The lowest BCUT2D eigenvalue weighted by atomic mass is 10.1. The van der Waals surface area contributed by atoms with E-state index in [-0.39, 0.29) is 13.1 Å². The fourth-order valence-electron chi connectivity index (χ4n) is 2.11. The number of aliphatic hydroxyl groups excluding tert-OH is 5. The highest BCUT2D eigenvalue weighted by atomic mass is 32.3. The SMILES string of the molecule is [O-]S([O-])([O-])OC(CO)[C@H](O)CN1C[C@@H](O)[C@H](O)[C@H]1CO. The van der Waals surface area contributed by atoms with E-state index in [9.17, 15) is 29.0 Å². The van der Waals surface area contributed by atoms with Crippen LogP contribution in [0.25, 0.3) is 0 Å². The standard InChI is InChI=1S/C9H21NO9S/c11-3-5-9(15)7(14)2-10(5)1-6(13)8(4-12)19-20(16,17)18/h5-9,11-18H,1-4H2/p-3/t5-,6-,7-,8?,9-/m1/s1. The molecular weight excluding hydrogens is 298 g/mol. The minimum absolute atomic E-state index is 0.0638. The van der Waals surface area contributed by atoms with E-state index in [1.54, 1.807) is 0 Å². The van der Waals surface area contributed by atoms with Crippen molar-refractivity contribution in [2.24, 2.45) is 0 Å². The first kappa shape index (κ1) is 18.0. The average molecular weight is 316 g/mol. The Morgan fingerprint density at radius 3 is 2.30 bits per heavy atom. The van der Waals surface area contributed by atoms with E-state index in [2.05, 4.69) is 4.18 Å². The van der Waals surface area contributed by atoms with Gasteiger partial charge in [0.1, 0.15) is 6.10 Å². The molecule has 10 nitrogen and oxygen atoms in total. The Morgan fingerprint density at radius 1 is 1.25 bits per heavy atom. The van der Waals surface area contributed by atoms with Gasteiger partial charge in [0.2, 0.25) is 0 Å². The molecule has 0 aliphatic carbocycles. The maximum atomic E-state index is 10.4. The van der Waals surface area contributed by atoms with E-state index < -0.39 is 54.8 Å². The van der Waals surface area contributed by atoms with Gasteiger partial charge < -0.3 is 54.5 Å². The third-order valence-corrected chi connectivity index (χ3v) is 3.62. The largest absolute Gasteiger partial charge is 0.815 e. The van der Waals surface area contributed by atoms with Crippen LogP contribution in [-0.4, -0.2) is 101 Å². The number of hydrogen-bond donors (Lipinski definition) is 5. The molecule has 1 rings (SSSR count). The summed E-state index contributed by atoms with van der Waals surface area (Å²) < 4.78 is 35.3. The minimum atomic E-state index is -5.09. The normalized spacial score (nSPS) is 32.3. The van der Waals surface area contributed by atoms with E-state index in [0.29, 0.717) is 0 Å². The van der Waals surface area contributed by atoms with Gasteiger partial charge in [0, 0.05) is 13.1 Å². The van der Waals surface area contributed by atoms with E-state index >= 15 is 0 Å². The molecule has 1 heterocycles. The Hall–Kier alpha value is -0.0500. The molecule has 0 radical (unpaired) electrons. The second-order valence-corrected chi connectivity index (χ2v) is 5.56. The summed E-state index contributed by atoms with van der Waals surface area (Å²) in [4.78, 5) is 1.31. The van der Waals surface area contributed by atoms with Crippen molar-refractivity contribution in [1.29, 1.82) is 0 Å². The van der Waals surface area contributed by atoms with Crippen molar-refractivity contribution in [3.63, 3.8) is 0 Å². The van der Waals surface area contributed by atoms with Crippen LogP contribution in [-0.2, 0) is 4.18 Å². The molecule has 1 aliphatic rings. The Balaban J connectivity index is 2.62. The molecule has 0 aromatic carbocycles. The first-order chi connectivity index (χ1) is 9.19. The maximum Gasteiger partial charge on any atom is 0.116 e. The second-order valence-electron chi connectivity index (χ2n) is 4.55. The van der Waals surface area contributed by atoms with Crippen LogP contribution in [0.1, 0.15) is 0 Å². The molecule has 122 valence electrons. The molecule has 5 atom stereocenters. The molecule has 11 heteroatoms. The Labute approximate surface area is 117 Å². The lowest BCUT2D eigenvalue weighted by Gasteiger charge is -2.63. The van der Waals surface area contributed by atoms with Crippen LogP contribution in [0.2, 0.25) is 0 Å². The molecule has 0 amide bonds. The summed E-state index contributed by atoms with van der Waals surface area (Å²) >= 11 is -5.09. The summed E-state index contributed by atoms with van der Waals surface area (Å²) in [5.74, 6) is 0. The lowest BCUT2D eigenvalue weighted by molar-refractivity contribution is -0.0370. The molecule has 1 fully saturated rings. The molecule has 0 aromatic rings. The average Bonchev–Trinajstić information content (AvgIpc) is 2.60. The van der Waals surface area contributed by atoms with Crippen molar-refractivity contribution in [1.82, 2.24) is 4.90 Å². The summed E-state index contributed by atoms with van der Waals surface area (Å²) in [6, 6.07) is -0.845. The van der Waals surface area contributed by atoms with E-state index in [1.165, 1.54) is 4.90 Å². The van der Waals surface area contributed by atoms with Gasteiger partial charge in [-0.05, 0) is 0 Å². The smallest absolute Gasteiger partial charge is 0.116 e. The highest BCUT2D eigenvalue weighted by Crippen LogP contribution is 2.35. The highest BCUT2D eigenvalue weighted by molar-refractivity contribution is 8.14. The number of nitrogens with zero attached hydrogens (tertiary/aromatic N) is 1. The molecule has 0 bridgehead atoms. The van der Waals surface area contributed by atoms with Crippen LogP contribution in [0, 0.1) is 0 Å². The predicted molar refractivity (Wildman–Crippen MR) is 62.3 cm³/mol. The van der Waals surface area contributed by atoms with E-state index in [0.717, 1.165) is 0 Å². The predicted octanol–water partition coefficient (Wildman–Crippen LogP) is -3.77. The minimum Gasteiger partial charge on any atom is -0.815 e. The molecule has 20 heavy (non-hydrogen) atoms. The van der Waals surface area contributed by atoms with Crippen LogP contribution in [0.4, 0.5) is 0 Å². The number of rotatable bonds is 7. The summed E-state index contributed by atoms with van der Waals surface area (Å²) in [6.07, 6.45) is -5.57. The van der Waals surface area contributed by atoms with E-state index in [1.807, 2.05) is 0 Å². The second kappa shape index (κ2) is 7.29. The summed E-state index contributed by atoms with van der Waals surface area (Å²) in [5.41, 5.74) is 0. The van der Waals surface area contributed by atoms with Crippen LogP contribution in [0.5, 0.6) is 0 Å². The Bertz CT molecular complexity index is 302. The third kappa shape index (κ3) is 4.75. The van der Waals surface area contributed by atoms with Gasteiger partial charge >= 0.3 is 0 Å². The summed E-state index contributed by atoms with van der Waals surface area (Å²) in [6.45, 7) is -1.77. The number of likely N-dealkylation sites (tertiary alicyclic amines) is 1. The number of hydrogen-bond acceptors (Lipinski definition) is 10. The van der Waals surface area contributed by atoms with Crippen LogP contribution in [0.3, 0.4) is 0 Å². The molecule has 1 aliphatic heterocycles. The van der Waals surface area contributed by atoms with Gasteiger partial charge in [-0.15, -0.1) is 0 Å². The van der Waals surface area contributed by atoms with Gasteiger partial charge in [-0.3, -0.25) is 4.90 Å². The first-order valence-corrected chi connectivity index (χ1v) is 7.17. The third-order valence-electron chi connectivity index (χ3n) is 3.14. The van der Waals surface area contributed by atoms with Crippen molar-refractivity contribution in [3.8, 4) is 0 Å². The number of β-amino-alcohol motifs (C(OH)–C–C–N with tert-alkyl or cyclic N) is 2. The van der Waals surface area contributed by atoms with Crippen molar-refractivity contribution >= 4 is 11.2 Å². The molecule has 0 aromatic heterocycles. The zero-order valence-electron chi connectivity index (χ0n) is 10.4. The molecule has 1 unspecified atom stereocenters. The van der Waals surface area contributed by atoms with Crippen LogP contribution >= 0.6 is 11.2 Å². The topological polar surface area (TPSA) is 183 Å². The van der Waals surface area contributed by atoms with Gasteiger partial charge in [-0.1, -0.05) is 0 Å².